The molecule has 0 amide bonds. The lowest BCUT2D eigenvalue weighted by Gasteiger charge is -2.18. The summed E-state index contributed by atoms with van der Waals surface area (Å²) in [5.74, 6) is -0.222. The van der Waals surface area contributed by atoms with Gasteiger partial charge in [0.1, 0.15) is 0 Å². The molecule has 1 unspecified atom stereocenters. The van der Waals surface area contributed by atoms with E-state index < -0.39 is 6.36 Å². The molecule has 2 aromatic rings. The summed E-state index contributed by atoms with van der Waals surface area (Å²) in [6, 6.07) is 9.89. The molecular weight excluding hydrogens is 287 g/mol. The van der Waals surface area contributed by atoms with Crippen molar-refractivity contribution >= 4 is 17.0 Å². The van der Waals surface area contributed by atoms with Crippen LogP contribution >= 0.6 is 11.3 Å². The summed E-state index contributed by atoms with van der Waals surface area (Å²) in [7, 11) is 0. The summed E-state index contributed by atoms with van der Waals surface area (Å²) in [5.41, 5.74) is 0.323. The highest BCUT2D eigenvalue weighted by molar-refractivity contribution is 7.12. The van der Waals surface area contributed by atoms with Crippen LogP contribution in [-0.2, 0) is 0 Å². The molecule has 1 heterocycles. The third kappa shape index (κ3) is 3.90. The SMILES string of the molecule is Cc1ccc(C(C)Nc2ccccc2OC(F)(F)F)s1. The Morgan fingerprint density at radius 2 is 1.85 bits per heavy atom. The van der Waals surface area contributed by atoms with Crippen LogP contribution in [0.1, 0.15) is 22.7 Å². The second-order valence-corrected chi connectivity index (χ2v) is 5.68. The maximum Gasteiger partial charge on any atom is 0.573 e. The molecule has 0 spiro atoms. The molecule has 1 atom stereocenters. The van der Waals surface area contributed by atoms with Gasteiger partial charge in [-0.15, -0.1) is 24.5 Å². The number of hydrogen-bond donors (Lipinski definition) is 1. The lowest BCUT2D eigenvalue weighted by atomic mass is 10.2. The average Bonchev–Trinajstić information content (AvgIpc) is 2.77. The standard InChI is InChI=1S/C14H14F3NOS/c1-9-7-8-13(20-9)10(2)18-11-5-3-4-6-12(11)19-14(15,16)17/h3-8,10,18H,1-2H3. The van der Waals surface area contributed by atoms with Crippen molar-refractivity contribution < 1.29 is 17.9 Å². The Kier molecular flexibility index (Phi) is 4.23. The summed E-state index contributed by atoms with van der Waals surface area (Å²) < 4.78 is 41.0. The summed E-state index contributed by atoms with van der Waals surface area (Å²) in [5, 5.41) is 3.05. The summed E-state index contributed by atoms with van der Waals surface area (Å²) in [6.45, 7) is 3.89. The van der Waals surface area contributed by atoms with E-state index in [4.69, 9.17) is 0 Å². The van der Waals surface area contributed by atoms with Crippen molar-refractivity contribution in [3.05, 3.63) is 46.2 Å². The van der Waals surface area contributed by atoms with E-state index >= 15 is 0 Å². The van der Waals surface area contributed by atoms with E-state index in [0.717, 1.165) is 9.75 Å². The van der Waals surface area contributed by atoms with Crippen LogP contribution in [0, 0.1) is 6.92 Å². The molecule has 0 saturated heterocycles. The van der Waals surface area contributed by atoms with Crippen LogP contribution in [0.25, 0.3) is 0 Å². The number of aryl methyl sites for hydroxylation is 1. The number of ether oxygens (including phenoxy) is 1. The van der Waals surface area contributed by atoms with Gasteiger partial charge >= 0.3 is 6.36 Å². The predicted molar refractivity (Wildman–Crippen MR) is 74.2 cm³/mol. The second kappa shape index (κ2) is 5.75. The molecule has 1 aromatic heterocycles. The molecule has 1 aromatic carbocycles. The van der Waals surface area contributed by atoms with Crippen molar-refractivity contribution in [1.82, 2.24) is 0 Å². The van der Waals surface area contributed by atoms with E-state index in [0.29, 0.717) is 5.69 Å². The van der Waals surface area contributed by atoms with E-state index in [1.807, 2.05) is 26.0 Å². The number of hydrogen-bond acceptors (Lipinski definition) is 3. The van der Waals surface area contributed by atoms with Crippen molar-refractivity contribution in [3.63, 3.8) is 0 Å². The Morgan fingerprint density at radius 1 is 1.15 bits per heavy atom. The summed E-state index contributed by atoms with van der Waals surface area (Å²) in [6.07, 6.45) is -4.69. The first-order valence-corrected chi connectivity index (χ1v) is 6.84. The highest BCUT2D eigenvalue weighted by Gasteiger charge is 2.32. The zero-order valence-electron chi connectivity index (χ0n) is 11.0. The van der Waals surface area contributed by atoms with Crippen molar-refractivity contribution in [2.45, 2.75) is 26.3 Å². The fraction of sp³-hybridized carbons (Fsp3) is 0.286. The van der Waals surface area contributed by atoms with Crippen LogP contribution in [0.2, 0.25) is 0 Å². The zero-order chi connectivity index (χ0) is 14.8. The maximum atomic E-state index is 12.3. The van der Waals surface area contributed by atoms with Crippen LogP contribution in [0.5, 0.6) is 5.75 Å². The minimum absolute atomic E-state index is 0.0910. The molecule has 1 N–H and O–H groups in total. The molecular formula is C14H14F3NOS. The Hall–Kier alpha value is -1.69. The van der Waals surface area contributed by atoms with Crippen molar-refractivity contribution in [2.75, 3.05) is 5.32 Å². The first-order chi connectivity index (χ1) is 9.35. The van der Waals surface area contributed by atoms with Gasteiger partial charge in [0.25, 0.3) is 0 Å². The largest absolute Gasteiger partial charge is 0.573 e. The van der Waals surface area contributed by atoms with Crippen LogP contribution in [0.3, 0.4) is 0 Å². The van der Waals surface area contributed by atoms with Crippen molar-refractivity contribution in [1.29, 1.82) is 0 Å². The van der Waals surface area contributed by atoms with Gasteiger partial charge in [-0.2, -0.15) is 0 Å². The molecule has 0 aliphatic carbocycles. The van der Waals surface area contributed by atoms with Gasteiger partial charge in [0.15, 0.2) is 5.75 Å². The van der Waals surface area contributed by atoms with Crippen LogP contribution in [-0.4, -0.2) is 6.36 Å². The van der Waals surface area contributed by atoms with Crippen molar-refractivity contribution in [3.8, 4) is 5.75 Å². The number of alkyl halides is 3. The topological polar surface area (TPSA) is 21.3 Å². The van der Waals surface area contributed by atoms with Crippen LogP contribution in [0.4, 0.5) is 18.9 Å². The number of thiophene rings is 1. The van der Waals surface area contributed by atoms with Gasteiger partial charge in [0.2, 0.25) is 0 Å². The minimum Gasteiger partial charge on any atom is -0.404 e. The third-order valence-electron chi connectivity index (χ3n) is 2.67. The molecule has 6 heteroatoms. The lowest BCUT2D eigenvalue weighted by Crippen LogP contribution is -2.18. The fourth-order valence-electron chi connectivity index (χ4n) is 1.79. The van der Waals surface area contributed by atoms with Gasteiger partial charge in [-0.3, -0.25) is 0 Å². The number of para-hydroxylation sites is 2. The third-order valence-corrected chi connectivity index (χ3v) is 3.86. The Balaban J connectivity index is 2.17. The average molecular weight is 301 g/mol. The first kappa shape index (κ1) is 14.7. The molecule has 0 aliphatic heterocycles. The number of anilines is 1. The number of nitrogens with one attached hydrogen (secondary N) is 1. The van der Waals surface area contributed by atoms with Gasteiger partial charge in [0.05, 0.1) is 11.7 Å². The second-order valence-electron chi connectivity index (χ2n) is 4.36. The maximum absolute atomic E-state index is 12.3. The number of rotatable bonds is 4. The van der Waals surface area contributed by atoms with Crippen molar-refractivity contribution in [2.24, 2.45) is 0 Å². The first-order valence-electron chi connectivity index (χ1n) is 6.03. The molecule has 0 fully saturated rings. The molecule has 0 radical (unpaired) electrons. The molecule has 0 saturated carbocycles. The van der Waals surface area contributed by atoms with E-state index in [1.165, 1.54) is 12.1 Å². The summed E-state index contributed by atoms with van der Waals surface area (Å²) in [4.78, 5) is 2.22. The van der Waals surface area contributed by atoms with E-state index in [-0.39, 0.29) is 11.8 Å². The van der Waals surface area contributed by atoms with E-state index in [1.54, 1.807) is 23.5 Å². The Bertz CT molecular complexity index is 580. The molecule has 0 bridgehead atoms. The molecule has 108 valence electrons. The van der Waals surface area contributed by atoms with E-state index in [9.17, 15) is 13.2 Å². The highest BCUT2D eigenvalue weighted by atomic mass is 32.1. The minimum atomic E-state index is -4.69. The lowest BCUT2D eigenvalue weighted by molar-refractivity contribution is -0.274. The Labute approximate surface area is 119 Å². The highest BCUT2D eigenvalue weighted by Crippen LogP contribution is 2.33. The molecule has 2 nitrogen and oxygen atoms in total. The van der Waals surface area contributed by atoms with Gasteiger partial charge in [-0.25, -0.2) is 0 Å². The quantitative estimate of drug-likeness (QED) is 0.845. The van der Waals surface area contributed by atoms with Crippen LogP contribution < -0.4 is 10.1 Å². The van der Waals surface area contributed by atoms with Crippen LogP contribution in [0.15, 0.2) is 36.4 Å². The van der Waals surface area contributed by atoms with E-state index in [2.05, 4.69) is 10.1 Å². The number of halogens is 3. The zero-order valence-corrected chi connectivity index (χ0v) is 11.8. The predicted octanol–water partition coefficient (Wildman–Crippen LogP) is 5.13. The number of benzene rings is 1. The monoisotopic (exact) mass is 301 g/mol. The smallest absolute Gasteiger partial charge is 0.404 e. The normalized spacial score (nSPS) is 13.1. The summed E-state index contributed by atoms with van der Waals surface area (Å²) >= 11 is 1.61. The molecule has 20 heavy (non-hydrogen) atoms. The van der Waals surface area contributed by atoms with Gasteiger partial charge in [-0.05, 0) is 38.1 Å². The van der Waals surface area contributed by atoms with Gasteiger partial charge < -0.3 is 10.1 Å². The fourth-order valence-corrected chi connectivity index (χ4v) is 2.67. The molecule has 0 aliphatic rings. The van der Waals surface area contributed by atoms with Gasteiger partial charge in [-0.1, -0.05) is 12.1 Å². The Morgan fingerprint density at radius 3 is 2.45 bits per heavy atom. The molecule has 2 rings (SSSR count). The van der Waals surface area contributed by atoms with Gasteiger partial charge in [0, 0.05) is 9.75 Å².